The van der Waals surface area contributed by atoms with Crippen LogP contribution in [-0.2, 0) is 0 Å². The molecule has 3 heterocycles. The molecule has 2 aromatic heterocycles. The van der Waals surface area contributed by atoms with Gasteiger partial charge in [-0.2, -0.15) is 0 Å². The summed E-state index contributed by atoms with van der Waals surface area (Å²) in [6.07, 6.45) is 3.51. The highest BCUT2D eigenvalue weighted by molar-refractivity contribution is 5.91. The van der Waals surface area contributed by atoms with Gasteiger partial charge in [0.25, 0.3) is 0 Å². The Bertz CT molecular complexity index is 781. The minimum absolute atomic E-state index is 0.253. The van der Waals surface area contributed by atoms with Crippen molar-refractivity contribution in [1.29, 1.82) is 0 Å². The van der Waals surface area contributed by atoms with E-state index in [4.69, 9.17) is 15.2 Å². The van der Waals surface area contributed by atoms with Gasteiger partial charge in [-0.05, 0) is 23.6 Å². The van der Waals surface area contributed by atoms with Crippen LogP contribution in [0.25, 0.3) is 16.6 Å². The number of aromatic nitrogens is 3. The van der Waals surface area contributed by atoms with Crippen LogP contribution in [-0.4, -0.2) is 21.6 Å². The van der Waals surface area contributed by atoms with E-state index >= 15 is 0 Å². The van der Waals surface area contributed by atoms with Gasteiger partial charge in [-0.25, -0.2) is 9.67 Å². The summed E-state index contributed by atoms with van der Waals surface area (Å²) >= 11 is 0. The maximum Gasteiger partial charge on any atom is 0.231 e. The molecule has 94 valence electrons. The van der Waals surface area contributed by atoms with Crippen molar-refractivity contribution >= 4 is 16.6 Å². The van der Waals surface area contributed by atoms with Crippen molar-refractivity contribution in [1.82, 2.24) is 14.8 Å². The van der Waals surface area contributed by atoms with Crippen LogP contribution in [0, 0.1) is 0 Å². The predicted molar refractivity (Wildman–Crippen MR) is 69.4 cm³/mol. The number of pyridine rings is 1. The molecule has 0 atom stereocenters. The molecule has 4 rings (SSSR count). The Morgan fingerprint density at radius 3 is 2.79 bits per heavy atom. The molecule has 0 radical (unpaired) electrons. The second-order valence-electron chi connectivity index (χ2n) is 4.25. The predicted octanol–water partition coefficient (Wildman–Crippen LogP) is 1.73. The van der Waals surface area contributed by atoms with Crippen LogP contribution in [0.4, 0.5) is 5.82 Å². The molecule has 0 saturated heterocycles. The highest BCUT2D eigenvalue weighted by atomic mass is 16.7. The van der Waals surface area contributed by atoms with Crippen LogP contribution in [0.3, 0.4) is 0 Å². The van der Waals surface area contributed by atoms with Gasteiger partial charge in [-0.3, -0.25) is 0 Å². The molecule has 6 nitrogen and oxygen atoms in total. The highest BCUT2D eigenvalue weighted by Gasteiger charge is 2.16. The first-order chi connectivity index (χ1) is 9.31. The second kappa shape index (κ2) is 3.61. The lowest BCUT2D eigenvalue weighted by Gasteiger charge is -2.06. The summed E-state index contributed by atoms with van der Waals surface area (Å²) in [5.74, 6) is 2.65. The lowest BCUT2D eigenvalue weighted by atomic mass is 10.1. The zero-order chi connectivity index (χ0) is 12.8. The molecular formula is C13H10N4O2. The molecule has 6 heteroatoms. The molecule has 0 unspecified atom stereocenters. The van der Waals surface area contributed by atoms with Gasteiger partial charge in [0.15, 0.2) is 17.3 Å². The molecular weight excluding hydrogens is 244 g/mol. The standard InChI is InChI=1S/C13H10N4O2/c14-12-2-4-17(16-12)13-9-6-11-10(18-7-19-11)5-8(9)1-3-15-13/h1-6H,7H2,(H2,14,16). The van der Waals surface area contributed by atoms with Gasteiger partial charge in [0.2, 0.25) is 6.79 Å². The van der Waals surface area contributed by atoms with Gasteiger partial charge in [0, 0.05) is 23.8 Å². The van der Waals surface area contributed by atoms with E-state index in [0.29, 0.717) is 11.6 Å². The Balaban J connectivity index is 2.01. The fourth-order valence-electron chi connectivity index (χ4n) is 2.19. The molecule has 3 aromatic rings. The summed E-state index contributed by atoms with van der Waals surface area (Å²) < 4.78 is 12.4. The number of nitrogens with zero attached hydrogens (tertiary/aromatic N) is 3. The SMILES string of the molecule is Nc1ccn(-c2nccc3cc4c(cc23)OCO4)n1. The average molecular weight is 254 g/mol. The Hall–Kier alpha value is -2.76. The number of nitrogen functional groups attached to an aromatic ring is 1. The third-order valence-corrected chi connectivity index (χ3v) is 3.06. The molecule has 0 spiro atoms. The minimum Gasteiger partial charge on any atom is -0.454 e. The molecule has 1 aliphatic heterocycles. The topological polar surface area (TPSA) is 75.2 Å². The summed E-state index contributed by atoms with van der Waals surface area (Å²) in [4.78, 5) is 4.36. The maximum absolute atomic E-state index is 5.65. The van der Waals surface area contributed by atoms with Gasteiger partial charge >= 0.3 is 0 Å². The number of nitrogens with two attached hydrogens (primary N) is 1. The van der Waals surface area contributed by atoms with Crippen LogP contribution < -0.4 is 15.2 Å². The second-order valence-corrected chi connectivity index (χ2v) is 4.25. The third kappa shape index (κ3) is 1.50. The summed E-state index contributed by atoms with van der Waals surface area (Å²) in [7, 11) is 0. The van der Waals surface area contributed by atoms with Crippen molar-refractivity contribution in [2.45, 2.75) is 0 Å². The smallest absolute Gasteiger partial charge is 0.231 e. The zero-order valence-corrected chi connectivity index (χ0v) is 9.91. The lowest BCUT2D eigenvalue weighted by molar-refractivity contribution is 0.174. The molecule has 19 heavy (non-hydrogen) atoms. The van der Waals surface area contributed by atoms with E-state index in [1.165, 1.54) is 0 Å². The molecule has 0 aliphatic carbocycles. The molecule has 0 saturated carbocycles. The van der Waals surface area contributed by atoms with Crippen molar-refractivity contribution in [2.24, 2.45) is 0 Å². The quantitative estimate of drug-likeness (QED) is 0.715. The van der Waals surface area contributed by atoms with E-state index in [2.05, 4.69) is 10.1 Å². The fourth-order valence-corrected chi connectivity index (χ4v) is 2.19. The van der Waals surface area contributed by atoms with Crippen LogP contribution in [0.15, 0.2) is 36.7 Å². The van der Waals surface area contributed by atoms with Crippen molar-refractivity contribution < 1.29 is 9.47 Å². The number of hydrogen-bond donors (Lipinski definition) is 1. The summed E-state index contributed by atoms with van der Waals surface area (Å²) in [5, 5.41) is 6.14. The molecule has 0 amide bonds. The number of hydrogen-bond acceptors (Lipinski definition) is 5. The molecule has 1 aromatic carbocycles. The molecule has 1 aliphatic rings. The minimum atomic E-state index is 0.253. The monoisotopic (exact) mass is 254 g/mol. The first-order valence-corrected chi connectivity index (χ1v) is 5.81. The number of benzene rings is 1. The van der Waals surface area contributed by atoms with Crippen molar-refractivity contribution in [3.05, 3.63) is 36.7 Å². The Labute approximate surface area is 108 Å². The Morgan fingerprint density at radius 2 is 2.00 bits per heavy atom. The molecule has 0 fully saturated rings. The largest absolute Gasteiger partial charge is 0.454 e. The highest BCUT2D eigenvalue weighted by Crippen LogP contribution is 2.37. The van der Waals surface area contributed by atoms with Gasteiger partial charge in [0.05, 0.1) is 0 Å². The van der Waals surface area contributed by atoms with Crippen LogP contribution >= 0.6 is 0 Å². The van der Waals surface area contributed by atoms with Gasteiger partial charge in [-0.15, -0.1) is 5.10 Å². The van der Waals surface area contributed by atoms with E-state index in [9.17, 15) is 0 Å². The lowest BCUT2D eigenvalue weighted by Crippen LogP contribution is -2.00. The van der Waals surface area contributed by atoms with E-state index in [1.54, 1.807) is 23.1 Å². The Morgan fingerprint density at radius 1 is 1.16 bits per heavy atom. The first kappa shape index (κ1) is 10.2. The first-order valence-electron chi connectivity index (χ1n) is 5.81. The average Bonchev–Trinajstić information content (AvgIpc) is 3.03. The van der Waals surface area contributed by atoms with Crippen LogP contribution in [0.5, 0.6) is 11.5 Å². The summed E-state index contributed by atoms with van der Waals surface area (Å²) in [5.41, 5.74) is 5.65. The van der Waals surface area contributed by atoms with Crippen molar-refractivity contribution in [3.8, 4) is 17.3 Å². The van der Waals surface area contributed by atoms with Gasteiger partial charge < -0.3 is 15.2 Å². The molecule has 0 bridgehead atoms. The van der Waals surface area contributed by atoms with E-state index in [-0.39, 0.29) is 6.79 Å². The molecule has 2 N–H and O–H groups in total. The van der Waals surface area contributed by atoms with Crippen LogP contribution in [0.1, 0.15) is 0 Å². The van der Waals surface area contributed by atoms with E-state index < -0.39 is 0 Å². The van der Waals surface area contributed by atoms with Gasteiger partial charge in [0.1, 0.15) is 5.82 Å². The maximum atomic E-state index is 5.65. The van der Waals surface area contributed by atoms with Crippen molar-refractivity contribution in [2.75, 3.05) is 12.5 Å². The normalized spacial score (nSPS) is 13.1. The van der Waals surface area contributed by atoms with Crippen molar-refractivity contribution in [3.63, 3.8) is 0 Å². The summed E-state index contributed by atoms with van der Waals surface area (Å²) in [6.45, 7) is 0.253. The summed E-state index contributed by atoms with van der Waals surface area (Å²) in [6, 6.07) is 7.51. The van der Waals surface area contributed by atoms with Crippen LogP contribution in [0.2, 0.25) is 0 Å². The zero-order valence-electron chi connectivity index (χ0n) is 9.91. The number of anilines is 1. The number of ether oxygens (including phenoxy) is 2. The van der Waals surface area contributed by atoms with E-state index in [0.717, 1.165) is 22.3 Å². The fraction of sp³-hybridized carbons (Fsp3) is 0.0769. The van der Waals surface area contributed by atoms with Gasteiger partial charge in [-0.1, -0.05) is 0 Å². The Kier molecular flexibility index (Phi) is 1.94. The number of rotatable bonds is 1. The number of fused-ring (bicyclic) bond motifs is 2. The van der Waals surface area contributed by atoms with E-state index in [1.807, 2.05) is 18.2 Å². The third-order valence-electron chi connectivity index (χ3n) is 3.06.